The third kappa shape index (κ3) is 6.28. The lowest BCUT2D eigenvalue weighted by Crippen LogP contribution is -2.57. The molecule has 5 nitrogen and oxygen atoms in total. The Morgan fingerprint density at radius 3 is 2.19 bits per heavy atom. The summed E-state index contributed by atoms with van der Waals surface area (Å²) in [6.07, 6.45) is 6.16. The number of ether oxygens (including phenoxy) is 1. The van der Waals surface area contributed by atoms with Crippen LogP contribution >= 0.6 is 7.92 Å². The van der Waals surface area contributed by atoms with Gasteiger partial charge in [0.05, 0.1) is 18.7 Å². The summed E-state index contributed by atoms with van der Waals surface area (Å²) in [5.74, 6) is 1.73. The van der Waals surface area contributed by atoms with E-state index in [2.05, 4.69) is 132 Å². The molecule has 262 valence electrons. The van der Waals surface area contributed by atoms with Crippen molar-refractivity contribution in [1.29, 1.82) is 0 Å². The maximum atomic E-state index is 15.1. The molecule has 53 heavy (non-hydrogen) atoms. The number of nitrogens with one attached hydrogen (secondary N) is 1. The lowest BCUT2D eigenvalue weighted by molar-refractivity contribution is 0.00171. The molecule has 6 aromatic carbocycles. The van der Waals surface area contributed by atoms with Gasteiger partial charge in [-0.15, -0.1) is 6.58 Å². The first-order chi connectivity index (χ1) is 26.1. The summed E-state index contributed by atoms with van der Waals surface area (Å²) in [5, 5.41) is 12.9. The van der Waals surface area contributed by atoms with Gasteiger partial charge in [-0.25, -0.2) is 0 Å². The molecular weight excluding hydrogens is 670 g/mol. The van der Waals surface area contributed by atoms with Gasteiger partial charge in [-0.1, -0.05) is 97.1 Å². The van der Waals surface area contributed by atoms with Crippen LogP contribution in [0.2, 0.25) is 0 Å². The highest BCUT2D eigenvalue weighted by Crippen LogP contribution is 2.43. The van der Waals surface area contributed by atoms with E-state index < -0.39 is 7.92 Å². The average molecular weight is 712 g/mol. The van der Waals surface area contributed by atoms with Crippen molar-refractivity contribution in [2.75, 3.05) is 20.2 Å². The van der Waals surface area contributed by atoms with E-state index in [1.54, 1.807) is 7.11 Å². The van der Waals surface area contributed by atoms with Crippen molar-refractivity contribution in [3.63, 3.8) is 0 Å². The Kier molecular flexibility index (Phi) is 8.99. The van der Waals surface area contributed by atoms with Gasteiger partial charge in [-0.05, 0) is 125 Å². The zero-order valence-corrected chi connectivity index (χ0v) is 30.8. The molecule has 1 N–H and O–H groups in total. The maximum absolute atomic E-state index is 15.1. The number of pyridine rings is 1. The Morgan fingerprint density at radius 2 is 1.53 bits per heavy atom. The molecule has 0 aliphatic carbocycles. The number of nitrogens with zero attached hydrogens (tertiary/aromatic N) is 2. The van der Waals surface area contributed by atoms with Crippen LogP contribution in [0.5, 0.6) is 5.75 Å². The molecule has 6 heteroatoms. The van der Waals surface area contributed by atoms with Crippen LogP contribution in [0.4, 0.5) is 0 Å². The summed E-state index contributed by atoms with van der Waals surface area (Å²) in [5.41, 5.74) is 2.67. The monoisotopic (exact) mass is 711 g/mol. The number of fused-ring (bicyclic) bond motifs is 6. The zero-order valence-electron chi connectivity index (χ0n) is 29.9. The van der Waals surface area contributed by atoms with Gasteiger partial charge in [0, 0.05) is 29.7 Å². The molecule has 0 radical (unpaired) electrons. The molecule has 4 heterocycles. The van der Waals surface area contributed by atoms with Gasteiger partial charge in [0.1, 0.15) is 5.75 Å². The van der Waals surface area contributed by atoms with Crippen LogP contribution in [0.3, 0.4) is 0 Å². The minimum absolute atomic E-state index is 0.0598. The van der Waals surface area contributed by atoms with Crippen molar-refractivity contribution in [3.8, 4) is 5.75 Å². The molecule has 0 saturated carbocycles. The summed E-state index contributed by atoms with van der Waals surface area (Å²) in [4.78, 5) is 22.4. The highest BCUT2D eigenvalue weighted by atomic mass is 31.1. The molecule has 1 amide bonds. The summed E-state index contributed by atoms with van der Waals surface area (Å²) in [6, 6.07) is 46.8. The number of methoxy groups -OCH3 is 1. The summed E-state index contributed by atoms with van der Waals surface area (Å²) in [7, 11) is 0.596. The minimum Gasteiger partial charge on any atom is -0.497 e. The summed E-state index contributed by atoms with van der Waals surface area (Å²) >= 11 is 0. The SMILES string of the molecule is C=CC1CN2CCC1CC2[C@@H](NC(=O)c1ccccc1P(c1ccc2ccccc2c1)c1ccc2ccccc2c1)c1ccnc2ccc(OC)cc12. The quantitative estimate of drug-likeness (QED) is 0.120. The van der Waals surface area contributed by atoms with E-state index in [0.717, 1.165) is 53.5 Å². The Morgan fingerprint density at radius 1 is 0.849 bits per heavy atom. The predicted octanol–water partition coefficient (Wildman–Crippen LogP) is 8.68. The smallest absolute Gasteiger partial charge is 0.252 e. The fourth-order valence-electron chi connectivity index (χ4n) is 8.79. The van der Waals surface area contributed by atoms with Crippen molar-refractivity contribution in [3.05, 3.63) is 163 Å². The van der Waals surface area contributed by atoms with Crippen LogP contribution in [0.1, 0.15) is 34.8 Å². The molecule has 1 aromatic heterocycles. The number of rotatable bonds is 9. The van der Waals surface area contributed by atoms with Gasteiger partial charge < -0.3 is 10.1 Å². The third-order valence-corrected chi connectivity index (χ3v) is 14.0. The number of carbonyl (C=O) groups excluding carboxylic acids is 1. The van der Waals surface area contributed by atoms with E-state index in [1.165, 1.54) is 32.2 Å². The van der Waals surface area contributed by atoms with Gasteiger partial charge >= 0.3 is 0 Å². The largest absolute Gasteiger partial charge is 0.497 e. The van der Waals surface area contributed by atoms with E-state index in [9.17, 15) is 0 Å². The van der Waals surface area contributed by atoms with Crippen molar-refractivity contribution in [2.24, 2.45) is 11.8 Å². The van der Waals surface area contributed by atoms with Crippen molar-refractivity contribution in [1.82, 2.24) is 15.2 Å². The molecule has 10 rings (SSSR count). The van der Waals surface area contributed by atoms with E-state index >= 15 is 4.79 Å². The maximum Gasteiger partial charge on any atom is 0.252 e. The minimum atomic E-state index is -1.10. The number of hydrogen-bond acceptors (Lipinski definition) is 4. The van der Waals surface area contributed by atoms with Crippen LogP contribution < -0.4 is 26.0 Å². The van der Waals surface area contributed by atoms with Crippen LogP contribution in [0.25, 0.3) is 32.4 Å². The fraction of sp³-hybridized carbons (Fsp3) is 0.191. The van der Waals surface area contributed by atoms with Crippen molar-refractivity contribution < 1.29 is 9.53 Å². The van der Waals surface area contributed by atoms with Gasteiger partial charge in [0.15, 0.2) is 0 Å². The average Bonchev–Trinajstić information content (AvgIpc) is 3.22. The number of hydrogen-bond donors (Lipinski definition) is 1. The first-order valence-electron chi connectivity index (χ1n) is 18.5. The molecule has 3 saturated heterocycles. The molecule has 5 atom stereocenters. The Hall–Kier alpha value is -5.35. The van der Waals surface area contributed by atoms with Gasteiger partial charge in [0.25, 0.3) is 5.91 Å². The first kappa shape index (κ1) is 33.5. The Labute approximate surface area is 312 Å². The fourth-order valence-corrected chi connectivity index (χ4v) is 11.3. The highest BCUT2D eigenvalue weighted by molar-refractivity contribution is 7.80. The molecular formula is C47H42N3O2P. The van der Waals surface area contributed by atoms with E-state index in [4.69, 9.17) is 9.72 Å². The molecule has 7 aromatic rings. The highest BCUT2D eigenvalue weighted by Gasteiger charge is 2.43. The number of carbonyl (C=O) groups is 1. The van der Waals surface area contributed by atoms with Crippen LogP contribution in [-0.2, 0) is 0 Å². The van der Waals surface area contributed by atoms with Gasteiger partial charge in [-0.3, -0.25) is 14.7 Å². The number of aromatic nitrogens is 1. The number of amides is 1. The second-order valence-corrected chi connectivity index (χ2v) is 16.6. The molecule has 3 aliphatic heterocycles. The normalized spacial score (nSPS) is 20.1. The number of piperidine rings is 3. The van der Waals surface area contributed by atoms with Crippen LogP contribution in [-0.4, -0.2) is 42.0 Å². The standard InChI is InChI=1S/C47H42N3O2P/c1-3-31-30-50-25-23-36(31)28-44(50)46(40-22-24-48-43-21-18-37(52-2)29-42(40)43)49-47(51)41-14-8-9-15-45(41)53(38-19-16-32-10-4-6-12-34(32)26-38)39-20-17-33-11-5-7-13-35(33)27-39/h3-22,24,26-27,29,31,36,44,46H,1,23,25,28,30H2,2H3,(H,49,51)/t31?,36?,44?,46-/m0/s1. The van der Waals surface area contributed by atoms with Crippen LogP contribution in [0, 0.1) is 11.8 Å². The first-order valence-corrected chi connectivity index (χ1v) is 19.9. The second kappa shape index (κ2) is 14.2. The van der Waals surface area contributed by atoms with Crippen molar-refractivity contribution >= 4 is 62.2 Å². The summed E-state index contributed by atoms with van der Waals surface area (Å²) in [6.45, 7) is 6.15. The number of benzene rings is 6. The summed E-state index contributed by atoms with van der Waals surface area (Å²) < 4.78 is 5.68. The van der Waals surface area contributed by atoms with Gasteiger partial charge in [-0.2, -0.15) is 0 Å². The zero-order chi connectivity index (χ0) is 35.9. The molecule has 3 aliphatic rings. The molecule has 2 bridgehead atoms. The Balaban J connectivity index is 1.17. The van der Waals surface area contributed by atoms with E-state index in [1.807, 2.05) is 30.5 Å². The lowest BCUT2D eigenvalue weighted by Gasteiger charge is -2.51. The molecule has 0 spiro atoms. The lowest BCUT2D eigenvalue weighted by atomic mass is 9.73. The third-order valence-electron chi connectivity index (χ3n) is 11.5. The van der Waals surface area contributed by atoms with E-state index in [0.29, 0.717) is 17.4 Å². The van der Waals surface area contributed by atoms with Gasteiger partial charge in [0.2, 0.25) is 0 Å². The Bertz CT molecular complexity index is 2420. The van der Waals surface area contributed by atoms with Crippen LogP contribution in [0.15, 0.2) is 152 Å². The second-order valence-electron chi connectivity index (χ2n) is 14.4. The van der Waals surface area contributed by atoms with Crippen molar-refractivity contribution in [2.45, 2.75) is 24.9 Å². The predicted molar refractivity (Wildman–Crippen MR) is 220 cm³/mol. The molecule has 4 unspecified atom stereocenters. The topological polar surface area (TPSA) is 54.5 Å². The molecule has 3 fully saturated rings. The van der Waals surface area contributed by atoms with E-state index in [-0.39, 0.29) is 18.0 Å².